The minimum Gasteiger partial charge on any atom is -0.455 e. The number of rotatable bonds is 26. The van der Waals surface area contributed by atoms with Gasteiger partial charge in [-0.1, -0.05) is 86.3 Å². The van der Waals surface area contributed by atoms with E-state index in [0.29, 0.717) is 83.6 Å². The molecule has 3 saturated heterocycles. The molecule has 31 heteroatoms. The van der Waals surface area contributed by atoms with Crippen molar-refractivity contribution < 1.29 is 50.9 Å². The zero-order valence-corrected chi connectivity index (χ0v) is 76.0. The first-order valence-electron chi connectivity index (χ1n) is 43.8. The molecule has 0 saturated carbocycles. The van der Waals surface area contributed by atoms with Gasteiger partial charge in [0.2, 0.25) is 0 Å². The van der Waals surface area contributed by atoms with Crippen LogP contribution in [0.3, 0.4) is 0 Å². The molecule has 27 nitrogen and oxygen atoms in total. The van der Waals surface area contributed by atoms with Crippen LogP contribution in [-0.4, -0.2) is 194 Å². The number of piperidine rings is 1. The van der Waals surface area contributed by atoms with Crippen LogP contribution in [0.25, 0.3) is 33.2 Å². The summed E-state index contributed by atoms with van der Waals surface area (Å²) in [4.78, 5) is 79.8. The largest absolute Gasteiger partial charge is 0.455 e. The van der Waals surface area contributed by atoms with Crippen LogP contribution in [0.1, 0.15) is 153 Å². The number of fused-ring (bicyclic) bond motifs is 4. The molecule has 7 heterocycles. The summed E-state index contributed by atoms with van der Waals surface area (Å²) in [6.07, 6.45) is 18.0. The van der Waals surface area contributed by atoms with Gasteiger partial charge in [0.05, 0.1) is 48.8 Å². The number of carbonyl (C=O) groups is 2. The summed E-state index contributed by atoms with van der Waals surface area (Å²) in [5.41, 5.74) is 12.8. The first-order valence-corrected chi connectivity index (χ1v) is 47.5. The summed E-state index contributed by atoms with van der Waals surface area (Å²) in [5, 5.41) is 38.0. The number of sulfonamides is 2. The summed E-state index contributed by atoms with van der Waals surface area (Å²) in [6.45, 7) is 22.4. The maximum Gasteiger partial charge on any atom is 0.274 e. The Morgan fingerprint density at radius 1 is 0.535 bits per heavy atom. The van der Waals surface area contributed by atoms with Gasteiger partial charge in [-0.3, -0.25) is 39.6 Å². The lowest BCUT2D eigenvalue weighted by Crippen LogP contribution is -2.47. The number of hydrogen-bond acceptors (Lipinski definition) is 21. The van der Waals surface area contributed by atoms with Crippen LogP contribution in [0.4, 0.5) is 22.7 Å². The number of halogens is 2. The molecular weight excluding hydrogens is 1690 g/mol. The summed E-state index contributed by atoms with van der Waals surface area (Å²) < 4.78 is 72.9. The summed E-state index contributed by atoms with van der Waals surface area (Å²) >= 11 is 12.5. The average Bonchev–Trinajstić information content (AvgIpc) is 1.68. The SMILES string of the molecule is CC1(C)CCC(CN2CCN(c3ccc(C(=O)NS(=O)(=O)c4cc5c(c([N+](=O)[O-])c4)C[C@H](CCN4CCC(C)(O)CC4)C5)c(Oc4cnc5[nH]ccc5c4)c3)CC2)=C(c2ccc(Cl)cc2)C1.CN(C)CC[C@@H]1Cc2cc(S(=O)(=O)NC(=O)c3ccc(N4CCN(CC5=C(c6ccc(Cl)cc6)CC(C)(C)CC5)CC4)cc3Oc3cnc4[nH]ccc4c3)cc([N+](=O)[O-])c2C1. The fraction of sp³-hybridized carbons (Fsp3) is 0.417. The fourth-order valence-corrected chi connectivity index (χ4v) is 21.4. The third-order valence-electron chi connectivity index (χ3n) is 26.5. The van der Waals surface area contributed by atoms with E-state index in [0.717, 1.165) is 187 Å². The van der Waals surface area contributed by atoms with E-state index >= 15 is 0 Å². The van der Waals surface area contributed by atoms with Gasteiger partial charge >= 0.3 is 0 Å². The van der Waals surface area contributed by atoms with Crippen molar-refractivity contribution in [1.29, 1.82) is 0 Å². The minimum atomic E-state index is -4.57. The van der Waals surface area contributed by atoms with Gasteiger partial charge in [0.15, 0.2) is 0 Å². The van der Waals surface area contributed by atoms with Gasteiger partial charge in [-0.15, -0.1) is 0 Å². The van der Waals surface area contributed by atoms with E-state index in [1.165, 1.54) is 57.9 Å². The van der Waals surface area contributed by atoms with E-state index in [1.807, 2.05) is 57.4 Å². The molecular formula is C96H110Cl2N14O13S2. The Kier molecular flexibility index (Phi) is 26.3. The first kappa shape index (κ1) is 89.8. The van der Waals surface area contributed by atoms with Crippen LogP contribution in [-0.2, 0) is 45.7 Å². The van der Waals surface area contributed by atoms with E-state index in [-0.39, 0.29) is 66.5 Å². The monoisotopic (exact) mass is 1800 g/mol. The van der Waals surface area contributed by atoms with Crippen molar-refractivity contribution in [3.05, 3.63) is 244 Å². The maximum absolute atomic E-state index is 14.1. The van der Waals surface area contributed by atoms with Crippen molar-refractivity contribution in [1.82, 2.24) is 49.0 Å². The molecule has 0 bridgehead atoms. The number of allylic oxidation sites excluding steroid dienone is 2. The number of likely N-dealkylation sites (tertiary alicyclic amines) is 1. The third-order valence-corrected chi connectivity index (χ3v) is 29.6. The van der Waals surface area contributed by atoms with Gasteiger partial charge in [-0.25, -0.2) is 36.2 Å². The summed E-state index contributed by atoms with van der Waals surface area (Å²) in [5.74, 6) is -0.586. The lowest BCUT2D eigenvalue weighted by molar-refractivity contribution is -0.385. The van der Waals surface area contributed by atoms with E-state index in [1.54, 1.807) is 60.9 Å². The minimum absolute atomic E-state index is 0.0126. The Bertz CT molecular complexity index is 6150. The number of benzene rings is 6. The van der Waals surface area contributed by atoms with Gasteiger partial charge in [-0.2, -0.15) is 0 Å². The van der Waals surface area contributed by atoms with Gasteiger partial charge in [0.25, 0.3) is 43.2 Å². The van der Waals surface area contributed by atoms with Gasteiger partial charge in [-0.05, 0) is 265 Å². The molecule has 3 aliphatic heterocycles. The van der Waals surface area contributed by atoms with Gasteiger partial charge in [0.1, 0.15) is 34.3 Å². The summed E-state index contributed by atoms with van der Waals surface area (Å²) in [6, 6.07) is 39.0. The number of hydrogen-bond donors (Lipinski definition) is 5. The topological polar surface area (TPSA) is 328 Å². The Hall–Kier alpha value is -10.6. The molecule has 668 valence electrons. The fourth-order valence-electron chi connectivity index (χ4n) is 19.1. The molecule has 4 aliphatic carbocycles. The van der Waals surface area contributed by atoms with Crippen LogP contribution >= 0.6 is 23.2 Å². The first-order chi connectivity index (χ1) is 60.6. The number of carbonyl (C=O) groups excluding carboxylic acids is 2. The van der Waals surface area contributed by atoms with Crippen molar-refractivity contribution in [2.24, 2.45) is 22.7 Å². The molecule has 0 spiro atoms. The summed E-state index contributed by atoms with van der Waals surface area (Å²) in [7, 11) is -5.16. The molecule has 6 aromatic carbocycles. The highest BCUT2D eigenvalue weighted by Gasteiger charge is 2.39. The molecule has 17 rings (SSSR count). The average molecular weight is 1800 g/mol. The molecule has 0 radical (unpaired) electrons. The molecule has 2 amide bonds. The van der Waals surface area contributed by atoms with E-state index in [4.69, 9.17) is 32.7 Å². The number of nitrogens with one attached hydrogen (secondary N) is 4. The van der Waals surface area contributed by atoms with E-state index in [9.17, 15) is 51.8 Å². The second-order valence-electron chi connectivity index (χ2n) is 37.4. The van der Waals surface area contributed by atoms with Crippen LogP contribution in [0.15, 0.2) is 179 Å². The Labute approximate surface area is 751 Å². The highest BCUT2D eigenvalue weighted by atomic mass is 35.5. The Balaban J connectivity index is 0.000000187. The number of anilines is 2. The second-order valence-corrected chi connectivity index (χ2v) is 41.7. The number of amides is 2. The molecule has 0 unspecified atom stereocenters. The van der Waals surface area contributed by atoms with Crippen molar-refractivity contribution in [3.8, 4) is 23.0 Å². The molecule has 7 aliphatic rings. The number of nitrogens with zero attached hydrogens (tertiary/aromatic N) is 10. The third kappa shape index (κ3) is 21.4. The van der Waals surface area contributed by atoms with Gasteiger partial charge in [0, 0.05) is 159 Å². The number of piperazine rings is 2. The number of nitro groups is 2. The zero-order valence-electron chi connectivity index (χ0n) is 72.9. The lowest BCUT2D eigenvalue weighted by Gasteiger charge is -2.39. The Morgan fingerprint density at radius 3 is 1.36 bits per heavy atom. The number of aromatic amines is 2. The van der Waals surface area contributed by atoms with Crippen LogP contribution in [0.5, 0.6) is 23.0 Å². The van der Waals surface area contributed by atoms with Crippen molar-refractivity contribution in [2.45, 2.75) is 140 Å². The van der Waals surface area contributed by atoms with Crippen molar-refractivity contribution >= 4 is 111 Å². The standard InChI is InChI=1S/C50H58ClN7O7S.C46H52ClN7O6S/c1-49(2)13-10-36(44(30-49)34-4-6-38(51)7-5-34)32-56-20-22-57(23-21-56)39-8-9-42(46(28-39)65-40-26-35-11-16-52-47(35)53-31-40)48(59)54-66(63,64)41-27-37-24-33(25-43(37)45(29-41)58(61)62)12-17-55-18-14-50(3,60)15-19-55;1-46(2)14-11-33(41(27-46)31-5-7-35(47)8-6-31)29-52-17-19-53(20-18-52)36-9-10-39(43(25-36)60-37-23-32-12-15-48-44(32)49-28-37)45(55)50-61(58,59)38-24-34-21-30(13-16-51(3)4)22-40(34)42(26-38)54(56)57/h4-9,11,16,26-29,31,33,60H,10,12-15,17-25,30,32H2,1-3H3,(H,52,53)(H,54,59);5-10,12,15,23-26,28,30H,11,13-14,16-22,27,29H2,1-4H3,(H,48,49)(H,50,55)/t33-;30-/m11/s1. The van der Waals surface area contributed by atoms with Crippen molar-refractivity contribution in [2.75, 3.05) is 116 Å². The number of H-pyrrole nitrogens is 2. The molecule has 2 atom stereocenters. The molecule has 3 fully saturated rings. The zero-order chi connectivity index (χ0) is 89.4. The maximum atomic E-state index is 14.1. The molecule has 5 N–H and O–H groups in total. The van der Waals surface area contributed by atoms with Crippen LogP contribution in [0.2, 0.25) is 10.0 Å². The number of aromatic nitrogens is 4. The molecule has 127 heavy (non-hydrogen) atoms. The molecule has 10 aromatic rings. The predicted octanol–water partition coefficient (Wildman–Crippen LogP) is 17.3. The molecule has 4 aromatic heterocycles. The van der Waals surface area contributed by atoms with Crippen molar-refractivity contribution in [3.63, 3.8) is 0 Å². The number of pyridine rings is 2. The quantitative estimate of drug-likeness (QED) is 0.0248. The normalized spacial score (nSPS) is 19.1. The van der Waals surface area contributed by atoms with E-state index < -0.39 is 47.3 Å². The van der Waals surface area contributed by atoms with Crippen LogP contribution in [0, 0.1) is 42.9 Å². The van der Waals surface area contributed by atoms with Gasteiger partial charge < -0.3 is 44.1 Å². The Morgan fingerprint density at radius 2 is 0.953 bits per heavy atom. The highest BCUT2D eigenvalue weighted by molar-refractivity contribution is 7.90. The highest BCUT2D eigenvalue weighted by Crippen LogP contribution is 2.47. The lowest BCUT2D eigenvalue weighted by atomic mass is 9.72. The predicted molar refractivity (Wildman–Crippen MR) is 496 cm³/mol. The smallest absolute Gasteiger partial charge is 0.274 e. The van der Waals surface area contributed by atoms with E-state index in [2.05, 4.69) is 111 Å². The second kappa shape index (κ2) is 37.2. The van der Waals surface area contributed by atoms with Crippen LogP contribution < -0.4 is 28.7 Å². The number of ether oxygens (including phenoxy) is 2. The number of aliphatic hydroxyl groups is 1. The number of nitro benzene ring substituents is 2.